The second-order valence-corrected chi connectivity index (χ2v) is 4.66. The van der Waals surface area contributed by atoms with Crippen molar-refractivity contribution >= 4 is 39.5 Å². The fourth-order valence-corrected chi connectivity index (χ4v) is 2.11. The molecule has 0 unspecified atom stereocenters. The summed E-state index contributed by atoms with van der Waals surface area (Å²) in [5.74, 6) is -0.310. The molecule has 0 spiro atoms. The summed E-state index contributed by atoms with van der Waals surface area (Å²) in [5.41, 5.74) is 1.17. The summed E-state index contributed by atoms with van der Waals surface area (Å²) >= 11 is 9.06. The number of nitrogens with zero attached hydrogens (tertiary/aromatic N) is 1. The molecule has 0 fully saturated rings. The monoisotopic (exact) mass is 314 g/mol. The lowest BCUT2D eigenvalue weighted by molar-refractivity contribution is 0.102. The number of benzene rings is 1. The number of anilines is 1. The van der Waals surface area contributed by atoms with Crippen LogP contribution in [0.5, 0.6) is 0 Å². The van der Waals surface area contributed by atoms with Crippen LogP contribution in [0.2, 0.25) is 5.02 Å². The minimum atomic E-state index is -0.310. The molecule has 1 heterocycles. The molecule has 2 rings (SSSR count). The predicted octanol–water partition coefficient (Wildman–Crippen LogP) is 3.65. The highest BCUT2D eigenvalue weighted by Crippen LogP contribution is 2.22. The molecule has 0 aliphatic rings. The number of oxazole rings is 1. The van der Waals surface area contributed by atoms with E-state index in [-0.39, 0.29) is 11.9 Å². The molecule has 88 valence electrons. The first-order valence-electron chi connectivity index (χ1n) is 4.75. The van der Waals surface area contributed by atoms with E-state index in [9.17, 15) is 4.79 Å². The van der Waals surface area contributed by atoms with E-state index in [4.69, 9.17) is 16.0 Å². The van der Waals surface area contributed by atoms with E-state index >= 15 is 0 Å². The van der Waals surface area contributed by atoms with Gasteiger partial charge in [0.25, 0.3) is 5.91 Å². The number of carbonyl (C=O) groups is 1. The van der Waals surface area contributed by atoms with E-state index in [0.29, 0.717) is 20.8 Å². The maximum absolute atomic E-state index is 11.9. The molecule has 0 atom stereocenters. The Labute approximate surface area is 111 Å². The molecule has 1 N–H and O–H groups in total. The largest absolute Gasteiger partial charge is 0.432 e. The minimum absolute atomic E-state index is 0.175. The number of nitrogens with one attached hydrogen (secondary N) is 1. The first kappa shape index (κ1) is 12.1. The molecular weight excluding hydrogens is 307 g/mol. The van der Waals surface area contributed by atoms with Crippen LogP contribution in [0, 0.1) is 6.92 Å². The highest BCUT2D eigenvalue weighted by Gasteiger charge is 2.12. The van der Waals surface area contributed by atoms with Crippen molar-refractivity contribution in [1.82, 2.24) is 4.98 Å². The van der Waals surface area contributed by atoms with Gasteiger partial charge in [-0.25, -0.2) is 0 Å². The normalized spacial score (nSPS) is 10.3. The van der Waals surface area contributed by atoms with Crippen LogP contribution in [0.25, 0.3) is 0 Å². The van der Waals surface area contributed by atoms with E-state index in [0.717, 1.165) is 0 Å². The second kappa shape index (κ2) is 4.89. The van der Waals surface area contributed by atoms with Gasteiger partial charge in [-0.3, -0.25) is 10.1 Å². The Balaban J connectivity index is 2.20. The van der Waals surface area contributed by atoms with Crippen molar-refractivity contribution in [3.05, 3.63) is 45.2 Å². The van der Waals surface area contributed by atoms with Crippen molar-refractivity contribution in [2.75, 3.05) is 5.32 Å². The summed E-state index contributed by atoms with van der Waals surface area (Å²) in [7, 11) is 0. The lowest BCUT2D eigenvalue weighted by Gasteiger charge is -2.03. The van der Waals surface area contributed by atoms with Gasteiger partial charge in [-0.15, -0.1) is 0 Å². The molecular formula is C11H8BrClN2O2. The summed E-state index contributed by atoms with van der Waals surface area (Å²) in [6, 6.07) is 5.09. The maximum Gasteiger partial charge on any atom is 0.301 e. The standard InChI is InChI=1S/C11H8BrClN2O2/c1-6-5-17-11(14-6)15-10(16)8-3-2-7(13)4-9(8)12/h2-5H,1H3,(H,14,15,16). The maximum atomic E-state index is 11.9. The average Bonchev–Trinajstić information content (AvgIpc) is 2.63. The van der Waals surface area contributed by atoms with Crippen LogP contribution in [-0.4, -0.2) is 10.9 Å². The zero-order valence-corrected chi connectivity index (χ0v) is 11.2. The highest BCUT2D eigenvalue weighted by molar-refractivity contribution is 9.10. The van der Waals surface area contributed by atoms with Crippen LogP contribution in [-0.2, 0) is 0 Å². The fourth-order valence-electron chi connectivity index (χ4n) is 1.25. The van der Waals surface area contributed by atoms with Gasteiger partial charge >= 0.3 is 6.01 Å². The third kappa shape index (κ3) is 2.87. The van der Waals surface area contributed by atoms with Gasteiger partial charge in [-0.2, -0.15) is 4.98 Å². The second-order valence-electron chi connectivity index (χ2n) is 3.37. The molecule has 0 radical (unpaired) electrons. The number of halogens is 2. The Morgan fingerprint density at radius 1 is 1.53 bits per heavy atom. The summed E-state index contributed by atoms with van der Waals surface area (Å²) < 4.78 is 5.65. The van der Waals surface area contributed by atoms with Crippen LogP contribution < -0.4 is 5.32 Å². The number of rotatable bonds is 2. The van der Waals surface area contributed by atoms with Gasteiger partial charge in [-0.1, -0.05) is 11.6 Å². The van der Waals surface area contributed by atoms with E-state index < -0.39 is 0 Å². The van der Waals surface area contributed by atoms with E-state index in [1.165, 1.54) is 6.26 Å². The molecule has 1 aromatic heterocycles. The third-order valence-corrected chi connectivity index (χ3v) is 2.91. The predicted molar refractivity (Wildman–Crippen MR) is 68.3 cm³/mol. The number of amides is 1. The topological polar surface area (TPSA) is 55.1 Å². The van der Waals surface area contributed by atoms with E-state index in [1.807, 2.05) is 0 Å². The van der Waals surface area contributed by atoms with Crippen molar-refractivity contribution in [3.63, 3.8) is 0 Å². The third-order valence-electron chi connectivity index (χ3n) is 2.02. The minimum Gasteiger partial charge on any atom is -0.432 e. The van der Waals surface area contributed by atoms with E-state index in [1.54, 1.807) is 25.1 Å². The number of carbonyl (C=O) groups excluding carboxylic acids is 1. The molecule has 1 amide bonds. The molecule has 4 nitrogen and oxygen atoms in total. The Kier molecular flexibility index (Phi) is 3.49. The molecule has 17 heavy (non-hydrogen) atoms. The van der Waals surface area contributed by atoms with Crippen molar-refractivity contribution in [1.29, 1.82) is 0 Å². The number of hydrogen-bond acceptors (Lipinski definition) is 3. The summed E-state index contributed by atoms with van der Waals surface area (Å²) in [4.78, 5) is 15.9. The lowest BCUT2D eigenvalue weighted by Crippen LogP contribution is -2.12. The van der Waals surface area contributed by atoms with Crippen molar-refractivity contribution < 1.29 is 9.21 Å². The number of aromatic nitrogens is 1. The zero-order valence-electron chi connectivity index (χ0n) is 8.83. The van der Waals surface area contributed by atoms with Gasteiger partial charge < -0.3 is 4.42 Å². The van der Waals surface area contributed by atoms with E-state index in [2.05, 4.69) is 26.2 Å². The van der Waals surface area contributed by atoms with Gasteiger partial charge in [0.05, 0.1) is 11.3 Å². The van der Waals surface area contributed by atoms with Gasteiger partial charge in [0.2, 0.25) is 0 Å². The molecule has 0 saturated carbocycles. The van der Waals surface area contributed by atoms with Crippen LogP contribution in [0.1, 0.15) is 16.1 Å². The van der Waals surface area contributed by atoms with Gasteiger partial charge in [0.15, 0.2) is 0 Å². The lowest BCUT2D eigenvalue weighted by atomic mass is 10.2. The number of aryl methyl sites for hydroxylation is 1. The van der Waals surface area contributed by atoms with Crippen molar-refractivity contribution in [2.24, 2.45) is 0 Å². The Morgan fingerprint density at radius 2 is 2.29 bits per heavy atom. The molecule has 0 aliphatic heterocycles. The van der Waals surface area contributed by atoms with Gasteiger partial charge in [0, 0.05) is 9.50 Å². The molecule has 0 saturated heterocycles. The van der Waals surface area contributed by atoms with Crippen LogP contribution in [0.4, 0.5) is 6.01 Å². The van der Waals surface area contributed by atoms with Crippen LogP contribution in [0.15, 0.2) is 33.4 Å². The first-order valence-corrected chi connectivity index (χ1v) is 5.92. The number of hydrogen-bond donors (Lipinski definition) is 1. The molecule has 2 aromatic rings. The Bertz CT molecular complexity index is 568. The SMILES string of the molecule is Cc1coc(NC(=O)c2ccc(Cl)cc2Br)n1. The molecule has 0 bridgehead atoms. The van der Waals surface area contributed by atoms with Crippen molar-refractivity contribution in [2.45, 2.75) is 6.92 Å². The Morgan fingerprint density at radius 3 is 2.88 bits per heavy atom. The fraction of sp³-hybridized carbons (Fsp3) is 0.0909. The molecule has 1 aromatic carbocycles. The van der Waals surface area contributed by atoms with Gasteiger partial charge in [-0.05, 0) is 41.1 Å². The van der Waals surface area contributed by atoms with Crippen molar-refractivity contribution in [3.8, 4) is 0 Å². The molecule has 6 heteroatoms. The smallest absolute Gasteiger partial charge is 0.301 e. The quantitative estimate of drug-likeness (QED) is 0.920. The molecule has 0 aliphatic carbocycles. The summed E-state index contributed by atoms with van der Waals surface area (Å²) in [6.07, 6.45) is 1.46. The zero-order chi connectivity index (χ0) is 12.4. The average molecular weight is 316 g/mol. The first-order chi connectivity index (χ1) is 8.06. The summed E-state index contributed by atoms with van der Waals surface area (Å²) in [6.45, 7) is 1.78. The highest BCUT2D eigenvalue weighted by atomic mass is 79.9. The summed E-state index contributed by atoms with van der Waals surface area (Å²) in [5, 5.41) is 3.11. The van der Waals surface area contributed by atoms with Gasteiger partial charge in [0.1, 0.15) is 6.26 Å². The Hall–Kier alpha value is -1.33. The van der Waals surface area contributed by atoms with Crippen LogP contribution >= 0.6 is 27.5 Å². The van der Waals surface area contributed by atoms with Crippen LogP contribution in [0.3, 0.4) is 0 Å².